The second kappa shape index (κ2) is 3.17. The van der Waals surface area contributed by atoms with Gasteiger partial charge in [-0.25, -0.2) is 0 Å². The first-order valence-corrected chi connectivity index (χ1v) is 3.86. The topological polar surface area (TPSA) is 29.3 Å². The van der Waals surface area contributed by atoms with Crippen LogP contribution in [0.25, 0.3) is 0 Å². The third-order valence-electron chi connectivity index (χ3n) is 2.17. The predicted octanol–water partition coefficient (Wildman–Crippen LogP) is 0.594. The molecule has 0 radical (unpaired) electrons. The summed E-state index contributed by atoms with van der Waals surface area (Å²) >= 11 is 0. The van der Waals surface area contributed by atoms with E-state index in [1.807, 2.05) is 6.08 Å². The van der Waals surface area contributed by atoms with Gasteiger partial charge in [0.1, 0.15) is 0 Å². The summed E-state index contributed by atoms with van der Waals surface area (Å²) in [6.07, 6.45) is 3.11. The molecule has 0 aromatic carbocycles. The molecule has 1 heterocycles. The maximum absolute atomic E-state index is 5.74. The van der Waals surface area contributed by atoms with Gasteiger partial charge in [-0.3, -0.25) is 4.90 Å². The first-order chi connectivity index (χ1) is 4.74. The van der Waals surface area contributed by atoms with E-state index >= 15 is 0 Å². The number of hydrogen-bond acceptors (Lipinski definition) is 2. The molecule has 2 N–H and O–H groups in total. The van der Waals surface area contributed by atoms with Crippen molar-refractivity contribution in [1.29, 1.82) is 0 Å². The third-order valence-corrected chi connectivity index (χ3v) is 2.17. The zero-order valence-electron chi connectivity index (χ0n) is 6.59. The van der Waals surface area contributed by atoms with Crippen molar-refractivity contribution in [1.82, 2.24) is 4.90 Å². The van der Waals surface area contributed by atoms with E-state index in [4.69, 9.17) is 5.73 Å². The minimum Gasteiger partial charge on any atom is -0.326 e. The summed E-state index contributed by atoms with van der Waals surface area (Å²) in [5, 5.41) is 0. The van der Waals surface area contributed by atoms with E-state index in [2.05, 4.69) is 18.4 Å². The molecule has 1 rings (SSSR count). The Kier molecular flexibility index (Phi) is 2.46. The molecule has 10 heavy (non-hydrogen) atoms. The second-order valence-corrected chi connectivity index (χ2v) is 3.02. The van der Waals surface area contributed by atoms with E-state index in [0.29, 0.717) is 12.1 Å². The highest BCUT2D eigenvalue weighted by molar-refractivity contribution is 4.89. The van der Waals surface area contributed by atoms with E-state index in [9.17, 15) is 0 Å². The largest absolute Gasteiger partial charge is 0.326 e. The smallest absolute Gasteiger partial charge is 0.0247 e. The van der Waals surface area contributed by atoms with Crippen molar-refractivity contribution in [3.05, 3.63) is 12.7 Å². The standard InChI is InChI=1S/C8H16N2/c1-3-7(2)10-5-4-8(9)6-10/h3,7-8H,1,4-6,9H2,2H3/t7?,8-/m1/s1. The number of nitrogens with two attached hydrogens (primary N) is 1. The Morgan fingerprint density at radius 3 is 2.90 bits per heavy atom. The molecule has 1 aliphatic heterocycles. The molecule has 1 saturated heterocycles. The monoisotopic (exact) mass is 140 g/mol. The molecule has 0 saturated carbocycles. The normalized spacial score (nSPS) is 30.4. The Hall–Kier alpha value is -0.340. The Labute approximate surface area is 62.7 Å². The molecule has 2 nitrogen and oxygen atoms in total. The lowest BCUT2D eigenvalue weighted by Gasteiger charge is -2.19. The quantitative estimate of drug-likeness (QED) is 0.569. The molecule has 0 aromatic rings. The lowest BCUT2D eigenvalue weighted by atomic mass is 10.3. The van der Waals surface area contributed by atoms with Crippen LogP contribution in [0.4, 0.5) is 0 Å². The van der Waals surface area contributed by atoms with Crippen LogP contribution in [-0.2, 0) is 0 Å². The average Bonchev–Trinajstić information content (AvgIpc) is 2.34. The van der Waals surface area contributed by atoms with Crippen LogP contribution in [0, 0.1) is 0 Å². The fourth-order valence-electron chi connectivity index (χ4n) is 1.33. The van der Waals surface area contributed by atoms with Gasteiger partial charge in [-0.2, -0.15) is 0 Å². The van der Waals surface area contributed by atoms with E-state index in [1.54, 1.807) is 0 Å². The van der Waals surface area contributed by atoms with Crippen LogP contribution in [0.3, 0.4) is 0 Å². The maximum Gasteiger partial charge on any atom is 0.0247 e. The summed E-state index contributed by atoms with van der Waals surface area (Å²) < 4.78 is 0. The predicted molar refractivity (Wildman–Crippen MR) is 43.8 cm³/mol. The van der Waals surface area contributed by atoms with Crippen molar-refractivity contribution < 1.29 is 0 Å². The molecule has 0 bridgehead atoms. The molecule has 0 aliphatic carbocycles. The molecule has 0 amide bonds. The summed E-state index contributed by atoms with van der Waals surface area (Å²) in [7, 11) is 0. The average molecular weight is 140 g/mol. The maximum atomic E-state index is 5.74. The highest BCUT2D eigenvalue weighted by atomic mass is 15.2. The number of likely N-dealkylation sites (tertiary alicyclic amines) is 1. The van der Waals surface area contributed by atoms with E-state index in [0.717, 1.165) is 19.5 Å². The minimum atomic E-state index is 0.391. The molecule has 2 atom stereocenters. The Bertz CT molecular complexity index is 122. The van der Waals surface area contributed by atoms with Gasteiger partial charge in [-0.1, -0.05) is 6.08 Å². The van der Waals surface area contributed by atoms with E-state index in [1.165, 1.54) is 0 Å². The zero-order chi connectivity index (χ0) is 7.56. The molecule has 0 aromatic heterocycles. The van der Waals surface area contributed by atoms with Gasteiger partial charge in [0.25, 0.3) is 0 Å². The van der Waals surface area contributed by atoms with Crippen LogP contribution < -0.4 is 5.73 Å². The Balaban J connectivity index is 2.36. The summed E-state index contributed by atoms with van der Waals surface area (Å²) in [5.41, 5.74) is 5.74. The number of hydrogen-bond donors (Lipinski definition) is 1. The summed E-state index contributed by atoms with van der Waals surface area (Å²) in [6, 6.07) is 0.885. The first-order valence-electron chi connectivity index (χ1n) is 3.86. The van der Waals surface area contributed by atoms with Crippen molar-refractivity contribution >= 4 is 0 Å². The van der Waals surface area contributed by atoms with Crippen molar-refractivity contribution in [3.63, 3.8) is 0 Å². The van der Waals surface area contributed by atoms with Crippen molar-refractivity contribution in [2.75, 3.05) is 13.1 Å². The van der Waals surface area contributed by atoms with Gasteiger partial charge in [-0.15, -0.1) is 6.58 Å². The molecule has 1 aliphatic rings. The number of rotatable bonds is 2. The van der Waals surface area contributed by atoms with Crippen LogP contribution in [0.5, 0.6) is 0 Å². The fourth-order valence-corrected chi connectivity index (χ4v) is 1.33. The highest BCUT2D eigenvalue weighted by Gasteiger charge is 2.21. The van der Waals surface area contributed by atoms with Crippen LogP contribution in [0.1, 0.15) is 13.3 Å². The summed E-state index contributed by atoms with van der Waals surface area (Å²) in [6.45, 7) is 8.07. The fraction of sp³-hybridized carbons (Fsp3) is 0.750. The molecule has 2 heteroatoms. The molecular weight excluding hydrogens is 124 g/mol. The molecular formula is C8H16N2. The van der Waals surface area contributed by atoms with E-state index < -0.39 is 0 Å². The van der Waals surface area contributed by atoms with E-state index in [-0.39, 0.29) is 0 Å². The SMILES string of the molecule is C=CC(C)N1CC[C@@H](N)C1. The highest BCUT2D eigenvalue weighted by Crippen LogP contribution is 2.10. The zero-order valence-corrected chi connectivity index (χ0v) is 6.59. The second-order valence-electron chi connectivity index (χ2n) is 3.02. The van der Waals surface area contributed by atoms with Crippen molar-refractivity contribution in [2.45, 2.75) is 25.4 Å². The summed E-state index contributed by atoms with van der Waals surface area (Å²) in [5.74, 6) is 0. The third kappa shape index (κ3) is 1.58. The lowest BCUT2D eigenvalue weighted by molar-refractivity contribution is 0.296. The Morgan fingerprint density at radius 1 is 1.80 bits per heavy atom. The first kappa shape index (κ1) is 7.76. The van der Waals surface area contributed by atoms with Gasteiger partial charge in [0, 0.05) is 25.2 Å². The molecule has 1 unspecified atom stereocenters. The van der Waals surface area contributed by atoms with Crippen molar-refractivity contribution in [3.8, 4) is 0 Å². The van der Waals surface area contributed by atoms with Gasteiger partial charge in [0.2, 0.25) is 0 Å². The molecule has 58 valence electrons. The van der Waals surface area contributed by atoms with Gasteiger partial charge in [-0.05, 0) is 13.3 Å². The van der Waals surface area contributed by atoms with Crippen LogP contribution in [0.2, 0.25) is 0 Å². The van der Waals surface area contributed by atoms with Gasteiger partial charge < -0.3 is 5.73 Å². The van der Waals surface area contributed by atoms with Crippen LogP contribution >= 0.6 is 0 Å². The summed E-state index contributed by atoms with van der Waals surface area (Å²) in [4.78, 5) is 2.36. The Morgan fingerprint density at radius 2 is 2.50 bits per heavy atom. The van der Waals surface area contributed by atoms with Gasteiger partial charge in [0.05, 0.1) is 0 Å². The van der Waals surface area contributed by atoms with Gasteiger partial charge >= 0.3 is 0 Å². The molecule has 0 spiro atoms. The lowest BCUT2D eigenvalue weighted by Crippen LogP contribution is -2.32. The van der Waals surface area contributed by atoms with Crippen LogP contribution in [0.15, 0.2) is 12.7 Å². The van der Waals surface area contributed by atoms with Crippen LogP contribution in [-0.4, -0.2) is 30.1 Å². The van der Waals surface area contributed by atoms with Gasteiger partial charge in [0.15, 0.2) is 0 Å². The number of nitrogens with zero attached hydrogens (tertiary/aromatic N) is 1. The molecule has 1 fully saturated rings. The minimum absolute atomic E-state index is 0.391. The van der Waals surface area contributed by atoms with Crippen molar-refractivity contribution in [2.24, 2.45) is 5.73 Å².